The predicted molar refractivity (Wildman–Crippen MR) is 98.6 cm³/mol. The molecular formula is C19H26N2O4S. The molecule has 7 atom stereocenters. The number of nitrogens with zero attached hydrogens (tertiary/aromatic N) is 2. The van der Waals surface area contributed by atoms with Crippen LogP contribution >= 0.6 is 0 Å². The molecule has 7 heteroatoms. The van der Waals surface area contributed by atoms with Gasteiger partial charge in [0, 0.05) is 18.5 Å². The SMILES string of the molecule is CC[C@H]1C[C@@H]2C[C@H]3C4C(CCN(C2)[C@@H]13)c1cc(O)ccc1N4S(=O)(=O)O. The van der Waals surface area contributed by atoms with Gasteiger partial charge >= 0.3 is 10.3 Å². The van der Waals surface area contributed by atoms with Gasteiger partial charge in [-0.25, -0.2) is 4.31 Å². The van der Waals surface area contributed by atoms with Gasteiger partial charge in [0.25, 0.3) is 0 Å². The van der Waals surface area contributed by atoms with Crippen LogP contribution in [0.3, 0.4) is 0 Å². The highest BCUT2D eigenvalue weighted by molar-refractivity contribution is 7.87. The van der Waals surface area contributed by atoms with Crippen LogP contribution in [0.15, 0.2) is 18.2 Å². The molecule has 6 nitrogen and oxygen atoms in total. The van der Waals surface area contributed by atoms with Gasteiger partial charge in [-0.3, -0.25) is 9.45 Å². The van der Waals surface area contributed by atoms with Crippen molar-refractivity contribution in [2.24, 2.45) is 17.8 Å². The minimum absolute atomic E-state index is 0.0332. The monoisotopic (exact) mass is 378 g/mol. The smallest absolute Gasteiger partial charge is 0.360 e. The maximum atomic E-state index is 12.4. The van der Waals surface area contributed by atoms with Gasteiger partial charge in [0.05, 0.1) is 11.7 Å². The second-order valence-electron chi connectivity index (χ2n) is 8.56. The molecule has 142 valence electrons. The Morgan fingerprint density at radius 3 is 2.77 bits per heavy atom. The zero-order chi connectivity index (χ0) is 18.2. The average molecular weight is 378 g/mol. The van der Waals surface area contributed by atoms with Crippen LogP contribution in [0, 0.1) is 17.8 Å². The van der Waals surface area contributed by atoms with E-state index in [4.69, 9.17) is 0 Å². The Balaban J connectivity index is 1.67. The highest BCUT2D eigenvalue weighted by Gasteiger charge is 2.57. The molecule has 0 spiro atoms. The number of aromatic hydroxyl groups is 1. The van der Waals surface area contributed by atoms with Crippen molar-refractivity contribution in [2.75, 3.05) is 17.4 Å². The number of benzene rings is 1. The normalized spacial score (nSPS) is 40.8. The van der Waals surface area contributed by atoms with E-state index in [1.807, 2.05) is 0 Å². The van der Waals surface area contributed by atoms with E-state index in [0.29, 0.717) is 23.6 Å². The number of phenols is 1. The van der Waals surface area contributed by atoms with Gasteiger partial charge < -0.3 is 5.11 Å². The molecule has 4 aliphatic heterocycles. The second kappa shape index (κ2) is 5.59. The van der Waals surface area contributed by atoms with Crippen LogP contribution in [-0.4, -0.2) is 48.2 Å². The first kappa shape index (κ1) is 16.8. The van der Waals surface area contributed by atoms with Crippen molar-refractivity contribution in [3.05, 3.63) is 23.8 Å². The van der Waals surface area contributed by atoms with E-state index in [9.17, 15) is 18.1 Å². The van der Waals surface area contributed by atoms with Crippen LogP contribution in [0.25, 0.3) is 0 Å². The molecule has 2 N–H and O–H groups in total. The lowest BCUT2D eigenvalue weighted by atomic mass is 9.63. The highest BCUT2D eigenvalue weighted by atomic mass is 32.2. The quantitative estimate of drug-likeness (QED) is 0.773. The summed E-state index contributed by atoms with van der Waals surface area (Å²) in [6, 6.07) is 5.00. The number of phenolic OH excluding ortho intramolecular Hbond substituents is 1. The number of rotatable bonds is 2. The summed E-state index contributed by atoms with van der Waals surface area (Å²) >= 11 is 0. The standard InChI is InChI=1S/C19H26N2O4S/c1-2-12-7-11-8-16-18(12)20(10-11)6-5-14-15-9-13(22)3-4-17(15)21(19(14)16)26(23,24)25/h3-4,9,11-12,14,16,18-19,22H,2,5-8,10H2,1H3,(H,23,24,25)/t11-,12+,14?,16-,18+,19?/m1/s1. The molecule has 26 heavy (non-hydrogen) atoms. The van der Waals surface area contributed by atoms with Gasteiger partial charge in [-0.05, 0) is 67.3 Å². The Labute approximate surface area is 154 Å². The minimum atomic E-state index is -4.36. The van der Waals surface area contributed by atoms with Crippen molar-refractivity contribution < 1.29 is 18.1 Å². The molecule has 4 bridgehead atoms. The summed E-state index contributed by atoms with van der Waals surface area (Å²) in [7, 11) is -4.36. The van der Waals surface area contributed by atoms with Gasteiger partial charge in [0.2, 0.25) is 0 Å². The lowest BCUT2D eigenvalue weighted by molar-refractivity contribution is -0.0396. The Morgan fingerprint density at radius 2 is 2.04 bits per heavy atom. The van der Waals surface area contributed by atoms with Crippen LogP contribution in [0.2, 0.25) is 0 Å². The lowest BCUT2D eigenvalue weighted by Gasteiger charge is -2.55. The van der Waals surface area contributed by atoms with Crippen molar-refractivity contribution in [3.8, 4) is 5.75 Å². The van der Waals surface area contributed by atoms with E-state index in [-0.39, 0.29) is 23.6 Å². The first-order valence-electron chi connectivity index (χ1n) is 9.72. The summed E-state index contributed by atoms with van der Waals surface area (Å²) in [5.74, 6) is 1.64. The molecule has 1 saturated carbocycles. The fourth-order valence-corrected chi connectivity index (χ4v) is 7.65. The zero-order valence-electron chi connectivity index (χ0n) is 15.0. The molecule has 4 fully saturated rings. The Morgan fingerprint density at radius 1 is 1.23 bits per heavy atom. The van der Waals surface area contributed by atoms with Crippen LogP contribution in [0.4, 0.5) is 5.69 Å². The predicted octanol–water partition coefficient (Wildman–Crippen LogP) is 2.61. The van der Waals surface area contributed by atoms with E-state index in [1.165, 1.54) is 16.8 Å². The fourth-order valence-electron chi connectivity index (χ4n) is 6.63. The van der Waals surface area contributed by atoms with Crippen LogP contribution in [-0.2, 0) is 10.3 Å². The van der Waals surface area contributed by atoms with E-state index >= 15 is 0 Å². The number of hydrogen-bond acceptors (Lipinski definition) is 4. The summed E-state index contributed by atoms with van der Waals surface area (Å²) in [6.07, 6.45) is 4.25. The summed E-state index contributed by atoms with van der Waals surface area (Å²) in [5.41, 5.74) is 1.41. The van der Waals surface area contributed by atoms with Crippen LogP contribution in [0.5, 0.6) is 5.75 Å². The molecule has 0 aromatic heterocycles. The van der Waals surface area contributed by atoms with Crippen LogP contribution < -0.4 is 4.31 Å². The first-order valence-corrected chi connectivity index (χ1v) is 11.1. The van der Waals surface area contributed by atoms with Gasteiger partial charge in [0.1, 0.15) is 5.75 Å². The fraction of sp³-hybridized carbons (Fsp3) is 0.684. The summed E-state index contributed by atoms with van der Waals surface area (Å²) in [5, 5.41) is 9.98. The first-order chi connectivity index (χ1) is 12.4. The Hall–Kier alpha value is -1.31. The molecule has 0 radical (unpaired) electrons. The van der Waals surface area contributed by atoms with E-state index in [2.05, 4.69) is 11.8 Å². The van der Waals surface area contributed by atoms with Gasteiger partial charge in [0.15, 0.2) is 0 Å². The van der Waals surface area contributed by atoms with E-state index < -0.39 is 10.3 Å². The molecule has 4 heterocycles. The third kappa shape index (κ3) is 2.26. The molecule has 1 aromatic carbocycles. The molecular weight excluding hydrogens is 352 g/mol. The lowest BCUT2D eigenvalue weighted by Crippen LogP contribution is -2.61. The van der Waals surface area contributed by atoms with Gasteiger partial charge in [-0.2, -0.15) is 8.42 Å². The topological polar surface area (TPSA) is 81.1 Å². The molecule has 5 aliphatic rings. The largest absolute Gasteiger partial charge is 0.508 e. The van der Waals surface area contributed by atoms with Crippen molar-refractivity contribution >= 4 is 16.0 Å². The third-order valence-corrected chi connectivity index (χ3v) is 8.28. The van der Waals surface area contributed by atoms with Crippen molar-refractivity contribution in [1.29, 1.82) is 0 Å². The number of hydrogen-bond donors (Lipinski definition) is 2. The number of fused-ring (bicyclic) bond motifs is 4. The third-order valence-electron chi connectivity index (χ3n) is 7.35. The molecule has 3 unspecified atom stereocenters. The minimum Gasteiger partial charge on any atom is -0.508 e. The Bertz CT molecular complexity index is 842. The summed E-state index contributed by atoms with van der Waals surface area (Å²) in [6.45, 7) is 4.32. The number of piperidine rings is 2. The molecule has 0 amide bonds. The summed E-state index contributed by atoms with van der Waals surface area (Å²) < 4.78 is 36.1. The maximum absolute atomic E-state index is 12.4. The van der Waals surface area contributed by atoms with Crippen molar-refractivity contribution in [3.63, 3.8) is 0 Å². The molecule has 1 aliphatic carbocycles. The van der Waals surface area contributed by atoms with Gasteiger partial charge in [-0.1, -0.05) is 13.3 Å². The zero-order valence-corrected chi connectivity index (χ0v) is 15.8. The van der Waals surface area contributed by atoms with Gasteiger partial charge in [-0.15, -0.1) is 0 Å². The Kier molecular flexibility index (Phi) is 3.62. The average Bonchev–Trinajstić information content (AvgIpc) is 2.87. The van der Waals surface area contributed by atoms with Crippen molar-refractivity contribution in [1.82, 2.24) is 4.90 Å². The summed E-state index contributed by atoms with van der Waals surface area (Å²) in [4.78, 5) is 2.58. The molecule has 6 rings (SSSR count). The van der Waals surface area contributed by atoms with E-state index in [0.717, 1.165) is 37.9 Å². The van der Waals surface area contributed by atoms with E-state index in [1.54, 1.807) is 12.1 Å². The maximum Gasteiger partial charge on any atom is 0.360 e. The highest BCUT2D eigenvalue weighted by Crippen LogP contribution is 2.56. The second-order valence-corrected chi connectivity index (χ2v) is 9.85. The van der Waals surface area contributed by atoms with Crippen LogP contribution in [0.1, 0.15) is 44.1 Å². The molecule has 3 saturated heterocycles. The van der Waals surface area contributed by atoms with Crippen molar-refractivity contribution in [2.45, 2.75) is 50.6 Å². The molecule has 1 aromatic rings. The number of anilines is 1.